The number of nitrogens with one attached hydrogen (secondary N) is 1. The Bertz CT molecular complexity index is 730. The highest BCUT2D eigenvalue weighted by molar-refractivity contribution is 7.09. The van der Waals surface area contributed by atoms with E-state index < -0.39 is 0 Å². The van der Waals surface area contributed by atoms with Gasteiger partial charge in [0.25, 0.3) is 11.8 Å². The summed E-state index contributed by atoms with van der Waals surface area (Å²) in [5.41, 5.74) is 1.11. The second-order valence-electron chi connectivity index (χ2n) is 5.35. The first-order chi connectivity index (χ1) is 11.7. The Morgan fingerprint density at radius 1 is 1.42 bits per heavy atom. The van der Waals surface area contributed by atoms with Gasteiger partial charge in [0, 0.05) is 24.1 Å². The third-order valence-electron chi connectivity index (χ3n) is 3.64. The number of carbonyl (C=O) groups excluding carboxylic acids is 2. The highest BCUT2D eigenvalue weighted by Crippen LogP contribution is 2.29. The maximum absolute atomic E-state index is 12.9. The first kappa shape index (κ1) is 16.5. The van der Waals surface area contributed by atoms with E-state index in [9.17, 15) is 9.59 Å². The molecule has 0 saturated heterocycles. The van der Waals surface area contributed by atoms with Crippen LogP contribution in [0.5, 0.6) is 5.75 Å². The number of hydrogen-bond donors (Lipinski definition) is 1. The number of anilines is 1. The van der Waals surface area contributed by atoms with Crippen molar-refractivity contribution in [3.63, 3.8) is 0 Å². The number of amides is 2. The first-order valence-corrected chi connectivity index (χ1v) is 8.42. The molecule has 3 rings (SSSR count). The van der Waals surface area contributed by atoms with E-state index in [0.29, 0.717) is 36.7 Å². The molecule has 1 aliphatic heterocycles. The second-order valence-corrected chi connectivity index (χ2v) is 6.38. The molecule has 6 nitrogen and oxygen atoms in total. The maximum atomic E-state index is 12.9. The molecule has 0 unspecified atom stereocenters. The van der Waals surface area contributed by atoms with Crippen molar-refractivity contribution >= 4 is 28.8 Å². The zero-order valence-electron chi connectivity index (χ0n) is 13.3. The monoisotopic (exact) mass is 346 g/mol. The summed E-state index contributed by atoms with van der Waals surface area (Å²) in [5.74, 6) is 0.230. The van der Waals surface area contributed by atoms with Crippen LogP contribution in [0.2, 0.25) is 0 Å². The van der Waals surface area contributed by atoms with Gasteiger partial charge in [0.2, 0.25) is 0 Å². The van der Waals surface area contributed by atoms with Crippen molar-refractivity contribution in [1.29, 1.82) is 0 Å². The average Bonchev–Trinajstić information content (AvgIpc) is 3.10. The average molecular weight is 346 g/mol. The van der Waals surface area contributed by atoms with Crippen molar-refractivity contribution in [2.24, 2.45) is 0 Å². The number of hydrogen-bond acceptors (Lipinski definition) is 5. The fraction of sp³-hybridized carbons (Fsp3) is 0.294. The first-order valence-electron chi connectivity index (χ1n) is 7.54. The van der Waals surface area contributed by atoms with Crippen LogP contribution in [0.1, 0.15) is 15.2 Å². The number of nitrogens with zero attached hydrogens (tertiary/aromatic N) is 1. The number of methoxy groups -OCH3 is 1. The molecule has 1 N–H and O–H groups in total. The van der Waals surface area contributed by atoms with E-state index in [-0.39, 0.29) is 18.4 Å². The van der Waals surface area contributed by atoms with E-state index in [1.165, 1.54) is 0 Å². The largest absolute Gasteiger partial charge is 0.482 e. The molecular weight excluding hydrogens is 328 g/mol. The van der Waals surface area contributed by atoms with Crippen molar-refractivity contribution in [2.75, 3.05) is 32.2 Å². The summed E-state index contributed by atoms with van der Waals surface area (Å²) in [6.07, 6.45) is 0. The van der Waals surface area contributed by atoms with Crippen molar-refractivity contribution in [3.05, 3.63) is 46.2 Å². The van der Waals surface area contributed by atoms with Gasteiger partial charge < -0.3 is 19.7 Å². The lowest BCUT2D eigenvalue weighted by atomic mass is 10.1. The van der Waals surface area contributed by atoms with Gasteiger partial charge in [0.15, 0.2) is 6.61 Å². The molecular formula is C17H18N2O4S. The Hall–Kier alpha value is -2.38. The lowest BCUT2D eigenvalue weighted by Gasteiger charge is -2.23. The van der Waals surface area contributed by atoms with E-state index in [2.05, 4.69) is 5.32 Å². The van der Waals surface area contributed by atoms with E-state index in [1.54, 1.807) is 41.5 Å². The summed E-state index contributed by atoms with van der Waals surface area (Å²) in [5, 5.41) is 4.71. The Kier molecular flexibility index (Phi) is 5.12. The van der Waals surface area contributed by atoms with E-state index >= 15 is 0 Å². The summed E-state index contributed by atoms with van der Waals surface area (Å²) in [4.78, 5) is 27.0. The van der Waals surface area contributed by atoms with Gasteiger partial charge in [0.1, 0.15) is 5.75 Å². The second kappa shape index (κ2) is 7.46. The molecule has 2 aromatic rings. The molecule has 0 saturated carbocycles. The van der Waals surface area contributed by atoms with Gasteiger partial charge in [-0.2, -0.15) is 0 Å². The van der Waals surface area contributed by atoms with Crippen LogP contribution in [0.15, 0.2) is 35.7 Å². The number of thiophene rings is 1. The number of rotatable bonds is 6. The van der Waals surface area contributed by atoms with Crippen LogP contribution in [0.4, 0.5) is 5.69 Å². The predicted molar refractivity (Wildman–Crippen MR) is 91.5 cm³/mol. The van der Waals surface area contributed by atoms with Crippen LogP contribution in [0, 0.1) is 0 Å². The Labute approximate surface area is 144 Å². The van der Waals surface area contributed by atoms with Crippen LogP contribution in [0.3, 0.4) is 0 Å². The quantitative estimate of drug-likeness (QED) is 0.872. The highest BCUT2D eigenvalue weighted by Gasteiger charge is 2.21. The molecule has 1 aromatic heterocycles. The van der Waals surface area contributed by atoms with Crippen molar-refractivity contribution in [2.45, 2.75) is 6.54 Å². The molecule has 126 valence electrons. The molecule has 24 heavy (non-hydrogen) atoms. The van der Waals surface area contributed by atoms with E-state index in [1.807, 2.05) is 17.5 Å². The Morgan fingerprint density at radius 3 is 3.04 bits per heavy atom. The lowest BCUT2D eigenvalue weighted by Crippen LogP contribution is -2.33. The normalized spacial score (nSPS) is 13.0. The third kappa shape index (κ3) is 3.74. The summed E-state index contributed by atoms with van der Waals surface area (Å²) in [6, 6.07) is 9.03. The van der Waals surface area contributed by atoms with Gasteiger partial charge >= 0.3 is 0 Å². The van der Waals surface area contributed by atoms with Gasteiger partial charge in [-0.3, -0.25) is 9.59 Å². The maximum Gasteiger partial charge on any atom is 0.262 e. The van der Waals surface area contributed by atoms with Gasteiger partial charge in [-0.05, 0) is 29.6 Å². The molecule has 0 aliphatic carbocycles. The number of carbonyl (C=O) groups is 2. The molecule has 0 spiro atoms. The zero-order valence-corrected chi connectivity index (χ0v) is 14.1. The van der Waals surface area contributed by atoms with Crippen LogP contribution in [-0.2, 0) is 16.1 Å². The molecule has 1 aromatic carbocycles. The zero-order chi connectivity index (χ0) is 16.9. The molecule has 7 heteroatoms. The van der Waals surface area contributed by atoms with Crippen LogP contribution >= 0.6 is 11.3 Å². The molecule has 0 bridgehead atoms. The van der Waals surface area contributed by atoms with Crippen LogP contribution < -0.4 is 10.1 Å². The lowest BCUT2D eigenvalue weighted by molar-refractivity contribution is -0.118. The van der Waals surface area contributed by atoms with E-state index in [4.69, 9.17) is 9.47 Å². The summed E-state index contributed by atoms with van der Waals surface area (Å²) < 4.78 is 10.5. The molecule has 2 heterocycles. The standard InChI is InChI=1S/C17H18N2O4S/c1-22-7-6-19(10-13-3-2-8-24-13)17(21)12-4-5-14-15(9-12)23-11-16(20)18-14/h2-5,8-9H,6-7,10-11H2,1H3,(H,18,20). The fourth-order valence-corrected chi connectivity index (χ4v) is 3.15. The number of fused-ring (bicyclic) bond motifs is 1. The molecule has 2 amide bonds. The van der Waals surface area contributed by atoms with Gasteiger partial charge in [-0.1, -0.05) is 6.07 Å². The van der Waals surface area contributed by atoms with Crippen molar-refractivity contribution in [1.82, 2.24) is 4.90 Å². The summed E-state index contributed by atoms with van der Waals surface area (Å²) >= 11 is 1.61. The van der Waals surface area contributed by atoms with Crippen molar-refractivity contribution < 1.29 is 19.1 Å². The van der Waals surface area contributed by atoms with Gasteiger partial charge in [-0.25, -0.2) is 0 Å². The fourth-order valence-electron chi connectivity index (χ4n) is 2.43. The summed E-state index contributed by atoms with van der Waals surface area (Å²) in [7, 11) is 1.61. The molecule has 0 fully saturated rings. The van der Waals surface area contributed by atoms with E-state index in [0.717, 1.165) is 4.88 Å². The highest BCUT2D eigenvalue weighted by atomic mass is 32.1. The summed E-state index contributed by atoms with van der Waals surface area (Å²) in [6.45, 7) is 1.47. The molecule has 0 radical (unpaired) electrons. The topological polar surface area (TPSA) is 67.9 Å². The minimum atomic E-state index is -0.194. The SMILES string of the molecule is COCCN(Cc1cccs1)C(=O)c1ccc2c(c1)OCC(=O)N2. The third-order valence-corrected chi connectivity index (χ3v) is 4.50. The Morgan fingerprint density at radius 2 is 2.29 bits per heavy atom. The number of benzene rings is 1. The molecule has 0 atom stereocenters. The van der Waals surface area contributed by atoms with Crippen molar-refractivity contribution in [3.8, 4) is 5.75 Å². The number of ether oxygens (including phenoxy) is 2. The molecule has 1 aliphatic rings. The minimum absolute atomic E-state index is 0.0345. The van der Waals surface area contributed by atoms with Crippen LogP contribution in [-0.4, -0.2) is 43.6 Å². The van der Waals surface area contributed by atoms with Crippen LogP contribution in [0.25, 0.3) is 0 Å². The van der Waals surface area contributed by atoms with Gasteiger partial charge in [0.05, 0.1) is 18.8 Å². The predicted octanol–water partition coefficient (Wildman–Crippen LogP) is 2.37. The van der Waals surface area contributed by atoms with Gasteiger partial charge in [-0.15, -0.1) is 11.3 Å². The Balaban J connectivity index is 1.79. The smallest absolute Gasteiger partial charge is 0.262 e. The minimum Gasteiger partial charge on any atom is -0.482 e.